The molecule has 5 nitrogen and oxygen atoms in total. The van der Waals surface area contributed by atoms with Gasteiger partial charge in [0.05, 0.1) is 20.9 Å². The topological polar surface area (TPSA) is 66.6 Å². The van der Waals surface area contributed by atoms with Crippen molar-refractivity contribution < 1.29 is 9.90 Å². The summed E-state index contributed by atoms with van der Waals surface area (Å²) in [6, 6.07) is 14.7. The molecule has 3 aromatic rings. The largest absolute Gasteiger partial charge is 0.506 e. The van der Waals surface area contributed by atoms with Crippen LogP contribution in [-0.4, -0.2) is 21.8 Å². The standard InChI is InChI=1S/C18H12Br3N3O2/c19-12-3-5-13(6-4-12)24-7-1-2-14(24)10-22-23-18(26)11-8-15(20)17(25)16(21)9-11/h1-10,25H,(H,23,26)/b22-10-. The van der Waals surface area contributed by atoms with Gasteiger partial charge in [0, 0.05) is 21.9 Å². The van der Waals surface area contributed by atoms with E-state index in [1.54, 1.807) is 6.21 Å². The van der Waals surface area contributed by atoms with Crippen LogP contribution in [0.2, 0.25) is 0 Å². The Bertz CT molecular complexity index is 959. The summed E-state index contributed by atoms with van der Waals surface area (Å²) < 4.78 is 3.80. The first-order valence-electron chi connectivity index (χ1n) is 7.40. The van der Waals surface area contributed by atoms with E-state index in [1.165, 1.54) is 12.1 Å². The highest BCUT2D eigenvalue weighted by atomic mass is 79.9. The third-order valence-corrected chi connectivity index (χ3v) is 5.26. The van der Waals surface area contributed by atoms with Crippen LogP contribution in [-0.2, 0) is 0 Å². The molecule has 2 N–H and O–H groups in total. The highest BCUT2D eigenvalue weighted by molar-refractivity contribution is 9.11. The number of halogens is 3. The maximum atomic E-state index is 12.2. The second-order valence-corrected chi connectivity index (χ2v) is 7.89. The summed E-state index contributed by atoms with van der Waals surface area (Å²) in [6.45, 7) is 0. The normalized spacial score (nSPS) is 11.0. The summed E-state index contributed by atoms with van der Waals surface area (Å²) in [5.41, 5.74) is 4.65. The molecule has 0 aliphatic rings. The van der Waals surface area contributed by atoms with Crippen LogP contribution >= 0.6 is 47.8 Å². The van der Waals surface area contributed by atoms with Gasteiger partial charge in [0.2, 0.25) is 0 Å². The molecule has 0 radical (unpaired) electrons. The molecule has 0 bridgehead atoms. The average Bonchev–Trinajstić information content (AvgIpc) is 3.08. The number of amides is 1. The Kier molecular flexibility index (Phi) is 5.95. The van der Waals surface area contributed by atoms with Gasteiger partial charge in [-0.05, 0) is 80.4 Å². The van der Waals surface area contributed by atoms with Crippen molar-refractivity contribution >= 4 is 59.9 Å². The highest BCUT2D eigenvalue weighted by Gasteiger charge is 2.11. The molecule has 0 aliphatic heterocycles. The summed E-state index contributed by atoms with van der Waals surface area (Å²) in [7, 11) is 0. The molecule has 1 aromatic heterocycles. The lowest BCUT2D eigenvalue weighted by Crippen LogP contribution is -2.18. The van der Waals surface area contributed by atoms with Gasteiger partial charge in [-0.2, -0.15) is 5.10 Å². The number of aromatic nitrogens is 1. The van der Waals surface area contributed by atoms with Crippen molar-refractivity contribution in [3.05, 3.63) is 79.4 Å². The first-order chi connectivity index (χ1) is 12.5. The molecule has 0 aliphatic carbocycles. The van der Waals surface area contributed by atoms with Gasteiger partial charge in [-0.15, -0.1) is 0 Å². The molecule has 0 unspecified atom stereocenters. The van der Waals surface area contributed by atoms with Crippen molar-refractivity contribution in [3.8, 4) is 11.4 Å². The van der Waals surface area contributed by atoms with Crippen LogP contribution < -0.4 is 5.43 Å². The molecule has 8 heteroatoms. The van der Waals surface area contributed by atoms with Crippen LogP contribution in [0.3, 0.4) is 0 Å². The van der Waals surface area contributed by atoms with Crippen molar-refractivity contribution in [2.24, 2.45) is 5.10 Å². The number of aromatic hydroxyl groups is 1. The van der Waals surface area contributed by atoms with Gasteiger partial charge >= 0.3 is 0 Å². The smallest absolute Gasteiger partial charge is 0.271 e. The summed E-state index contributed by atoms with van der Waals surface area (Å²) in [5, 5.41) is 13.7. The fraction of sp³-hybridized carbons (Fsp3) is 0. The van der Waals surface area contributed by atoms with Crippen LogP contribution in [0.25, 0.3) is 5.69 Å². The van der Waals surface area contributed by atoms with Crippen LogP contribution in [0.5, 0.6) is 5.75 Å². The first-order valence-corrected chi connectivity index (χ1v) is 9.78. The van der Waals surface area contributed by atoms with Crippen molar-refractivity contribution in [2.45, 2.75) is 0 Å². The quantitative estimate of drug-likeness (QED) is 0.351. The number of nitrogens with zero attached hydrogens (tertiary/aromatic N) is 2. The van der Waals surface area contributed by atoms with E-state index in [-0.39, 0.29) is 11.7 Å². The van der Waals surface area contributed by atoms with Crippen molar-refractivity contribution in [1.82, 2.24) is 9.99 Å². The van der Waals surface area contributed by atoms with Crippen LogP contribution in [0, 0.1) is 0 Å². The molecule has 1 amide bonds. The first kappa shape index (κ1) is 18.9. The molecule has 0 saturated heterocycles. The minimum atomic E-state index is -0.385. The van der Waals surface area contributed by atoms with Gasteiger partial charge in [0.25, 0.3) is 5.91 Å². The van der Waals surface area contributed by atoms with E-state index in [1.807, 2.05) is 47.2 Å². The Morgan fingerprint density at radius 3 is 2.38 bits per heavy atom. The third-order valence-electron chi connectivity index (χ3n) is 3.53. The number of nitrogens with one attached hydrogen (secondary N) is 1. The van der Waals surface area contributed by atoms with E-state index in [2.05, 4.69) is 58.3 Å². The number of carbonyl (C=O) groups excluding carboxylic acids is 1. The zero-order chi connectivity index (χ0) is 18.7. The van der Waals surface area contributed by atoms with E-state index in [0.717, 1.165) is 15.9 Å². The zero-order valence-corrected chi connectivity index (χ0v) is 17.9. The van der Waals surface area contributed by atoms with Crippen LogP contribution in [0.4, 0.5) is 0 Å². The lowest BCUT2D eigenvalue weighted by molar-refractivity contribution is 0.0955. The number of hydrogen-bond acceptors (Lipinski definition) is 3. The Hall–Kier alpha value is -1.90. The van der Waals surface area contributed by atoms with E-state index in [9.17, 15) is 9.90 Å². The molecular weight excluding hydrogens is 530 g/mol. The molecule has 132 valence electrons. The second kappa shape index (κ2) is 8.20. The number of rotatable bonds is 4. The molecule has 0 spiro atoms. The van der Waals surface area contributed by atoms with E-state index >= 15 is 0 Å². The predicted molar refractivity (Wildman–Crippen MR) is 112 cm³/mol. The SMILES string of the molecule is O=C(N/N=C\c1cccn1-c1ccc(Br)cc1)c1cc(Br)c(O)c(Br)c1. The van der Waals surface area contributed by atoms with Crippen molar-refractivity contribution in [2.75, 3.05) is 0 Å². The maximum Gasteiger partial charge on any atom is 0.271 e. The van der Waals surface area contributed by atoms with Crippen LogP contribution in [0.1, 0.15) is 16.1 Å². The molecule has 0 fully saturated rings. The van der Waals surface area contributed by atoms with E-state index in [4.69, 9.17) is 0 Å². The predicted octanol–water partition coefficient (Wildman–Crippen LogP) is 5.23. The monoisotopic (exact) mass is 539 g/mol. The van der Waals surface area contributed by atoms with E-state index in [0.29, 0.717) is 14.5 Å². The van der Waals surface area contributed by atoms with Gasteiger partial charge in [-0.1, -0.05) is 15.9 Å². The van der Waals surface area contributed by atoms with Crippen LogP contribution in [0.15, 0.2) is 73.2 Å². The average molecular weight is 542 g/mol. The number of hydrogen-bond donors (Lipinski definition) is 2. The molecule has 3 rings (SSSR count). The van der Waals surface area contributed by atoms with E-state index < -0.39 is 0 Å². The number of benzene rings is 2. The summed E-state index contributed by atoms with van der Waals surface area (Å²) in [4.78, 5) is 12.2. The summed E-state index contributed by atoms with van der Waals surface area (Å²) >= 11 is 9.82. The molecule has 26 heavy (non-hydrogen) atoms. The van der Waals surface area contributed by atoms with Gasteiger partial charge < -0.3 is 9.67 Å². The molecular formula is C18H12Br3N3O2. The lowest BCUT2D eigenvalue weighted by Gasteiger charge is -2.07. The highest BCUT2D eigenvalue weighted by Crippen LogP contribution is 2.33. The van der Waals surface area contributed by atoms with Gasteiger partial charge in [0.15, 0.2) is 0 Å². The maximum absolute atomic E-state index is 12.2. The molecule has 0 saturated carbocycles. The summed E-state index contributed by atoms with van der Waals surface area (Å²) in [5.74, 6) is -0.346. The number of phenolic OH excluding ortho intramolecular Hbond substituents is 1. The third kappa shape index (κ3) is 4.25. The summed E-state index contributed by atoms with van der Waals surface area (Å²) in [6.07, 6.45) is 3.49. The molecule has 1 heterocycles. The second-order valence-electron chi connectivity index (χ2n) is 5.27. The fourth-order valence-corrected chi connectivity index (χ4v) is 3.71. The van der Waals surface area contributed by atoms with Gasteiger partial charge in [0.1, 0.15) is 5.75 Å². The van der Waals surface area contributed by atoms with Crippen molar-refractivity contribution in [1.29, 1.82) is 0 Å². The fourth-order valence-electron chi connectivity index (χ4n) is 2.25. The lowest BCUT2D eigenvalue weighted by atomic mass is 10.2. The minimum Gasteiger partial charge on any atom is -0.506 e. The molecule has 0 atom stereocenters. The molecule has 2 aromatic carbocycles. The Balaban J connectivity index is 1.75. The number of phenols is 1. The Morgan fingerprint density at radius 2 is 1.73 bits per heavy atom. The minimum absolute atomic E-state index is 0.0392. The number of carbonyl (C=O) groups is 1. The zero-order valence-electron chi connectivity index (χ0n) is 13.2. The Morgan fingerprint density at radius 1 is 1.08 bits per heavy atom. The number of hydrazone groups is 1. The van der Waals surface area contributed by atoms with Crippen molar-refractivity contribution in [3.63, 3.8) is 0 Å². The van der Waals surface area contributed by atoms with Gasteiger partial charge in [-0.3, -0.25) is 4.79 Å². The Labute approximate surface area is 175 Å². The van der Waals surface area contributed by atoms with Gasteiger partial charge in [-0.25, -0.2) is 5.43 Å².